The summed E-state index contributed by atoms with van der Waals surface area (Å²) >= 11 is 1.38. The molecule has 8 heteroatoms. The zero-order valence-electron chi connectivity index (χ0n) is 15.4. The van der Waals surface area contributed by atoms with E-state index in [0.717, 1.165) is 16.1 Å². The molecule has 1 amide bonds. The molecular weight excluding hydrogens is 376 g/mol. The molecule has 1 aromatic carbocycles. The van der Waals surface area contributed by atoms with Crippen LogP contribution in [-0.2, 0) is 17.8 Å². The van der Waals surface area contributed by atoms with E-state index in [4.69, 9.17) is 4.42 Å². The van der Waals surface area contributed by atoms with Crippen molar-refractivity contribution in [2.24, 2.45) is 0 Å². The number of anilines is 1. The van der Waals surface area contributed by atoms with Crippen LogP contribution in [0, 0.1) is 6.92 Å². The fraction of sp³-hybridized carbons (Fsp3) is 0.200. The van der Waals surface area contributed by atoms with Crippen LogP contribution in [0.1, 0.15) is 17.5 Å². The predicted molar refractivity (Wildman–Crippen MR) is 109 cm³/mol. The number of carbonyl (C=O) groups is 1. The van der Waals surface area contributed by atoms with Gasteiger partial charge in [-0.25, -0.2) is 9.67 Å². The summed E-state index contributed by atoms with van der Waals surface area (Å²) in [6, 6.07) is 11.1. The quantitative estimate of drug-likeness (QED) is 0.558. The van der Waals surface area contributed by atoms with Gasteiger partial charge in [0.05, 0.1) is 16.0 Å². The normalized spacial score (nSPS) is 11.1. The standard InChI is InChI=1S/C20H18N4O3S/c1-3-13-6-8-14(9-7-13)22-16(25)11-24-20(26)18-19(28-12(2)21-18)17(23-24)15-5-4-10-27-15/h4-10H,3,11H2,1-2H3,(H,22,25). The Hall–Kier alpha value is -3.26. The van der Waals surface area contributed by atoms with E-state index in [2.05, 4.69) is 22.3 Å². The van der Waals surface area contributed by atoms with E-state index in [1.807, 2.05) is 31.2 Å². The molecule has 3 heterocycles. The van der Waals surface area contributed by atoms with Crippen LogP contribution in [0.2, 0.25) is 0 Å². The van der Waals surface area contributed by atoms with Crippen LogP contribution in [0.3, 0.4) is 0 Å². The summed E-state index contributed by atoms with van der Waals surface area (Å²) in [7, 11) is 0. The Morgan fingerprint density at radius 3 is 2.71 bits per heavy atom. The molecule has 28 heavy (non-hydrogen) atoms. The highest BCUT2D eigenvalue weighted by molar-refractivity contribution is 7.19. The van der Waals surface area contributed by atoms with Crippen LogP contribution in [-0.4, -0.2) is 20.7 Å². The molecular formula is C20H18N4O3S. The molecule has 142 valence electrons. The zero-order chi connectivity index (χ0) is 19.7. The SMILES string of the molecule is CCc1ccc(NC(=O)Cn2nc(-c3ccco3)c3sc(C)nc3c2=O)cc1. The summed E-state index contributed by atoms with van der Waals surface area (Å²) in [5.74, 6) is 0.188. The maximum absolute atomic E-state index is 12.8. The average Bonchev–Trinajstić information content (AvgIpc) is 3.34. The van der Waals surface area contributed by atoms with Crippen molar-refractivity contribution in [3.63, 3.8) is 0 Å². The monoisotopic (exact) mass is 394 g/mol. The largest absolute Gasteiger partial charge is 0.463 e. The summed E-state index contributed by atoms with van der Waals surface area (Å²) in [4.78, 5) is 29.6. The van der Waals surface area contributed by atoms with E-state index >= 15 is 0 Å². The maximum Gasteiger partial charge on any atom is 0.294 e. The van der Waals surface area contributed by atoms with Gasteiger partial charge in [-0.3, -0.25) is 9.59 Å². The number of thiazole rings is 1. The van der Waals surface area contributed by atoms with Crippen LogP contribution >= 0.6 is 11.3 Å². The van der Waals surface area contributed by atoms with Gasteiger partial charge in [0.1, 0.15) is 12.2 Å². The maximum atomic E-state index is 12.8. The first-order chi connectivity index (χ1) is 13.5. The van der Waals surface area contributed by atoms with E-state index < -0.39 is 5.56 Å². The Bertz CT molecular complexity index is 1190. The lowest BCUT2D eigenvalue weighted by atomic mass is 10.1. The van der Waals surface area contributed by atoms with E-state index in [9.17, 15) is 9.59 Å². The number of aryl methyl sites for hydroxylation is 2. The summed E-state index contributed by atoms with van der Waals surface area (Å²) in [5.41, 5.74) is 2.26. The van der Waals surface area contributed by atoms with Crippen molar-refractivity contribution in [3.8, 4) is 11.5 Å². The van der Waals surface area contributed by atoms with Gasteiger partial charge in [0.25, 0.3) is 5.56 Å². The molecule has 0 aliphatic carbocycles. The van der Waals surface area contributed by atoms with Crippen molar-refractivity contribution in [2.45, 2.75) is 26.8 Å². The Kier molecular flexibility index (Phi) is 4.79. The van der Waals surface area contributed by atoms with Crippen LogP contribution < -0.4 is 10.9 Å². The topological polar surface area (TPSA) is 90.0 Å². The Morgan fingerprint density at radius 2 is 2.04 bits per heavy atom. The first-order valence-electron chi connectivity index (χ1n) is 8.86. The molecule has 0 spiro atoms. The first-order valence-corrected chi connectivity index (χ1v) is 9.67. The summed E-state index contributed by atoms with van der Waals surface area (Å²) in [6.45, 7) is 3.68. The molecule has 1 N–H and O–H groups in total. The third kappa shape index (κ3) is 3.46. The Labute approximate surface area is 164 Å². The number of benzene rings is 1. The minimum atomic E-state index is -0.397. The van der Waals surface area contributed by atoms with Gasteiger partial charge in [0, 0.05) is 5.69 Å². The van der Waals surface area contributed by atoms with Crippen molar-refractivity contribution >= 4 is 33.1 Å². The lowest BCUT2D eigenvalue weighted by Crippen LogP contribution is -2.30. The molecule has 0 saturated heterocycles. The van der Waals surface area contributed by atoms with Gasteiger partial charge in [0.15, 0.2) is 11.3 Å². The van der Waals surface area contributed by atoms with Crippen LogP contribution in [0.25, 0.3) is 21.7 Å². The fourth-order valence-corrected chi connectivity index (χ4v) is 3.81. The Balaban J connectivity index is 1.67. The van der Waals surface area contributed by atoms with Crippen molar-refractivity contribution in [2.75, 3.05) is 5.32 Å². The highest BCUT2D eigenvalue weighted by Crippen LogP contribution is 2.29. The minimum absolute atomic E-state index is 0.214. The van der Waals surface area contributed by atoms with E-state index in [-0.39, 0.29) is 12.5 Å². The van der Waals surface area contributed by atoms with Crippen LogP contribution in [0.5, 0.6) is 0 Å². The fourth-order valence-electron chi connectivity index (χ4n) is 2.91. The number of fused-ring (bicyclic) bond motifs is 1. The molecule has 0 atom stereocenters. The predicted octanol–water partition coefficient (Wildman–Crippen LogP) is 3.62. The number of carbonyl (C=O) groups excluding carboxylic acids is 1. The highest BCUT2D eigenvalue weighted by atomic mass is 32.1. The van der Waals surface area contributed by atoms with Crippen molar-refractivity contribution < 1.29 is 9.21 Å². The average molecular weight is 394 g/mol. The van der Waals surface area contributed by atoms with Crippen LogP contribution in [0.15, 0.2) is 51.9 Å². The molecule has 0 saturated carbocycles. The number of aromatic nitrogens is 3. The van der Waals surface area contributed by atoms with Gasteiger partial charge in [0.2, 0.25) is 5.91 Å². The van der Waals surface area contributed by atoms with E-state index in [0.29, 0.717) is 27.4 Å². The molecule has 4 aromatic rings. The van der Waals surface area contributed by atoms with Crippen molar-refractivity contribution in [1.29, 1.82) is 0 Å². The second-order valence-electron chi connectivity index (χ2n) is 6.30. The molecule has 0 fully saturated rings. The zero-order valence-corrected chi connectivity index (χ0v) is 16.2. The van der Waals surface area contributed by atoms with Gasteiger partial charge in [-0.1, -0.05) is 19.1 Å². The lowest BCUT2D eigenvalue weighted by molar-refractivity contribution is -0.117. The smallest absolute Gasteiger partial charge is 0.294 e. The van der Waals surface area contributed by atoms with Gasteiger partial charge < -0.3 is 9.73 Å². The number of hydrogen-bond acceptors (Lipinski definition) is 6. The molecule has 4 rings (SSSR count). The molecule has 0 bridgehead atoms. The number of nitrogens with one attached hydrogen (secondary N) is 1. The second kappa shape index (κ2) is 7.40. The molecule has 7 nitrogen and oxygen atoms in total. The van der Waals surface area contributed by atoms with Gasteiger partial charge in [-0.15, -0.1) is 11.3 Å². The molecule has 0 aliphatic heterocycles. The van der Waals surface area contributed by atoms with Crippen molar-refractivity contribution in [3.05, 3.63) is 63.6 Å². The number of amides is 1. The summed E-state index contributed by atoms with van der Waals surface area (Å²) < 4.78 is 7.25. The Morgan fingerprint density at radius 1 is 1.25 bits per heavy atom. The molecule has 0 aliphatic rings. The van der Waals surface area contributed by atoms with Crippen molar-refractivity contribution in [1.82, 2.24) is 14.8 Å². The molecule has 0 radical (unpaired) electrons. The third-order valence-corrected chi connectivity index (χ3v) is 5.28. The minimum Gasteiger partial charge on any atom is -0.463 e. The van der Waals surface area contributed by atoms with Gasteiger partial charge in [-0.2, -0.15) is 5.10 Å². The summed E-state index contributed by atoms with van der Waals surface area (Å²) in [6.07, 6.45) is 2.47. The lowest BCUT2D eigenvalue weighted by Gasteiger charge is -2.09. The second-order valence-corrected chi connectivity index (χ2v) is 7.50. The molecule has 0 unspecified atom stereocenters. The van der Waals surface area contributed by atoms with Gasteiger partial charge in [-0.05, 0) is 43.2 Å². The number of rotatable bonds is 5. The van der Waals surface area contributed by atoms with Crippen LogP contribution in [0.4, 0.5) is 5.69 Å². The number of nitrogens with zero attached hydrogens (tertiary/aromatic N) is 3. The number of hydrogen-bond donors (Lipinski definition) is 1. The number of furan rings is 1. The van der Waals surface area contributed by atoms with E-state index in [1.54, 1.807) is 18.4 Å². The molecule has 3 aromatic heterocycles. The highest BCUT2D eigenvalue weighted by Gasteiger charge is 2.19. The third-order valence-electron chi connectivity index (χ3n) is 4.30. The summed E-state index contributed by atoms with van der Waals surface area (Å²) in [5, 5.41) is 7.93. The van der Waals surface area contributed by atoms with Gasteiger partial charge >= 0.3 is 0 Å². The first kappa shape index (κ1) is 18.1. The van der Waals surface area contributed by atoms with E-state index in [1.165, 1.54) is 16.9 Å².